The zero-order chi connectivity index (χ0) is 15.9. The highest BCUT2D eigenvalue weighted by atomic mass is 16.3. The van der Waals surface area contributed by atoms with Gasteiger partial charge in [-0.3, -0.25) is 4.79 Å². The van der Waals surface area contributed by atoms with Crippen LogP contribution >= 0.6 is 0 Å². The van der Waals surface area contributed by atoms with Crippen molar-refractivity contribution in [3.63, 3.8) is 0 Å². The fraction of sp³-hybridized carbons (Fsp3) is 0.118. The Balaban J connectivity index is 2.02. The van der Waals surface area contributed by atoms with E-state index in [1.54, 1.807) is 6.08 Å². The molecule has 0 atom stereocenters. The minimum atomic E-state index is -0.330. The number of phenolic OH excluding ortho intramolecular Hbond substituents is 4. The summed E-state index contributed by atoms with van der Waals surface area (Å²) in [5.41, 5.74) is 2.09. The Bertz CT molecular complexity index is 785. The molecule has 4 N–H and O–H groups in total. The summed E-state index contributed by atoms with van der Waals surface area (Å²) in [5, 5.41) is 38.0. The maximum atomic E-state index is 12.5. The highest BCUT2D eigenvalue weighted by Gasteiger charge is 2.23. The average molecular weight is 298 g/mol. The van der Waals surface area contributed by atoms with Crippen LogP contribution in [0.25, 0.3) is 6.08 Å². The fourth-order valence-corrected chi connectivity index (χ4v) is 2.63. The number of hydrogen-bond acceptors (Lipinski definition) is 5. The molecule has 0 fully saturated rings. The molecule has 0 aromatic heterocycles. The first-order chi connectivity index (χ1) is 10.4. The van der Waals surface area contributed by atoms with Gasteiger partial charge in [0.2, 0.25) is 0 Å². The Kier molecular flexibility index (Phi) is 3.25. The molecule has 2 aromatic carbocycles. The van der Waals surface area contributed by atoms with Gasteiger partial charge >= 0.3 is 0 Å². The van der Waals surface area contributed by atoms with Crippen molar-refractivity contribution < 1.29 is 25.2 Å². The molecule has 2 aromatic rings. The van der Waals surface area contributed by atoms with Crippen LogP contribution in [0.3, 0.4) is 0 Å². The van der Waals surface area contributed by atoms with Gasteiger partial charge in [-0.15, -0.1) is 0 Å². The topological polar surface area (TPSA) is 98.0 Å². The average Bonchev–Trinajstić information content (AvgIpc) is 2.43. The Hall–Kier alpha value is -2.95. The van der Waals surface area contributed by atoms with E-state index >= 15 is 0 Å². The first-order valence-electron chi connectivity index (χ1n) is 6.77. The van der Waals surface area contributed by atoms with Crippen LogP contribution in [0.1, 0.15) is 27.9 Å². The van der Waals surface area contributed by atoms with Gasteiger partial charge in [0.25, 0.3) is 0 Å². The van der Waals surface area contributed by atoms with Crippen LogP contribution in [0.2, 0.25) is 0 Å². The van der Waals surface area contributed by atoms with Crippen LogP contribution in [-0.2, 0) is 6.42 Å². The molecule has 0 bridgehead atoms. The molecule has 112 valence electrons. The van der Waals surface area contributed by atoms with Gasteiger partial charge in [-0.1, -0.05) is 0 Å². The summed E-state index contributed by atoms with van der Waals surface area (Å²) in [7, 11) is 0. The van der Waals surface area contributed by atoms with Crippen molar-refractivity contribution in [2.45, 2.75) is 12.8 Å². The normalized spacial score (nSPS) is 15.8. The predicted molar refractivity (Wildman–Crippen MR) is 80.2 cm³/mol. The number of aryl methyl sites for hydroxylation is 1. The molecule has 0 saturated heterocycles. The minimum Gasteiger partial charge on any atom is -0.508 e. The molecule has 1 aliphatic rings. The van der Waals surface area contributed by atoms with Crippen LogP contribution in [0.5, 0.6) is 23.0 Å². The third-order valence-electron chi connectivity index (χ3n) is 3.67. The van der Waals surface area contributed by atoms with E-state index < -0.39 is 0 Å². The zero-order valence-corrected chi connectivity index (χ0v) is 11.6. The van der Waals surface area contributed by atoms with Crippen molar-refractivity contribution in [2.24, 2.45) is 0 Å². The summed E-state index contributed by atoms with van der Waals surface area (Å²) < 4.78 is 0. The molecule has 0 saturated carbocycles. The van der Waals surface area contributed by atoms with Gasteiger partial charge in [0.15, 0.2) is 17.3 Å². The number of allylic oxidation sites excluding steroid dienone is 1. The smallest absolute Gasteiger partial charge is 0.189 e. The van der Waals surface area contributed by atoms with Gasteiger partial charge in [0.05, 0.1) is 0 Å². The number of benzene rings is 2. The number of Topliss-reactive ketones (excluding diaryl/α,β-unsaturated/α-hetero) is 1. The molecule has 0 spiro atoms. The van der Waals surface area contributed by atoms with Crippen LogP contribution < -0.4 is 0 Å². The fourth-order valence-electron chi connectivity index (χ4n) is 2.63. The second-order valence-electron chi connectivity index (χ2n) is 5.28. The van der Waals surface area contributed by atoms with Crippen molar-refractivity contribution in [3.05, 3.63) is 52.6 Å². The van der Waals surface area contributed by atoms with Gasteiger partial charge in [-0.05, 0) is 54.3 Å². The molecule has 0 radical (unpaired) electrons. The lowest BCUT2D eigenvalue weighted by atomic mass is 9.85. The standard InChI is InChI=1S/C17H14O5/c18-12-4-9(5-13(19)7-12)3-11-2-1-10-6-15(20)16(21)8-14(10)17(11)22/h3-8,18-21H,1-2H2/b11-3+. The summed E-state index contributed by atoms with van der Waals surface area (Å²) in [6.07, 6.45) is 2.65. The van der Waals surface area contributed by atoms with Crippen molar-refractivity contribution in [3.8, 4) is 23.0 Å². The van der Waals surface area contributed by atoms with Crippen molar-refractivity contribution >= 4 is 11.9 Å². The van der Waals surface area contributed by atoms with Crippen LogP contribution in [-0.4, -0.2) is 26.2 Å². The summed E-state index contributed by atoms with van der Waals surface area (Å²) in [5.74, 6) is -0.976. The monoisotopic (exact) mass is 298 g/mol. The van der Waals surface area contributed by atoms with E-state index in [1.165, 1.54) is 30.3 Å². The Morgan fingerprint density at radius 2 is 1.45 bits per heavy atom. The van der Waals surface area contributed by atoms with Gasteiger partial charge < -0.3 is 20.4 Å². The molecule has 3 rings (SSSR count). The van der Waals surface area contributed by atoms with Gasteiger partial charge in [-0.2, -0.15) is 0 Å². The minimum absolute atomic E-state index is 0.0851. The number of ketones is 1. The molecule has 0 amide bonds. The van der Waals surface area contributed by atoms with Gasteiger partial charge in [-0.25, -0.2) is 0 Å². The lowest BCUT2D eigenvalue weighted by Gasteiger charge is -2.18. The third-order valence-corrected chi connectivity index (χ3v) is 3.67. The first kappa shape index (κ1) is 14.0. The number of carbonyl (C=O) groups is 1. The van der Waals surface area contributed by atoms with Crippen molar-refractivity contribution in [1.29, 1.82) is 0 Å². The van der Waals surface area contributed by atoms with Crippen molar-refractivity contribution in [1.82, 2.24) is 0 Å². The molecule has 0 unspecified atom stereocenters. The van der Waals surface area contributed by atoms with E-state index in [4.69, 9.17) is 0 Å². The third kappa shape index (κ3) is 2.48. The Labute approximate surface area is 126 Å². The summed E-state index contributed by atoms with van der Waals surface area (Å²) in [6, 6.07) is 6.77. The van der Waals surface area contributed by atoms with Gasteiger partial charge in [0.1, 0.15) is 11.5 Å². The maximum absolute atomic E-state index is 12.5. The van der Waals surface area contributed by atoms with E-state index in [9.17, 15) is 25.2 Å². The van der Waals surface area contributed by atoms with E-state index in [0.717, 1.165) is 0 Å². The van der Waals surface area contributed by atoms with Crippen molar-refractivity contribution in [2.75, 3.05) is 0 Å². The molecule has 5 nitrogen and oxygen atoms in total. The molecule has 0 heterocycles. The molecule has 1 aliphatic carbocycles. The number of carbonyl (C=O) groups excluding carboxylic acids is 1. The number of fused-ring (bicyclic) bond motifs is 1. The lowest BCUT2D eigenvalue weighted by molar-refractivity contribution is 0.102. The predicted octanol–water partition coefficient (Wildman–Crippen LogP) is 2.72. The van der Waals surface area contributed by atoms with Crippen LogP contribution in [0, 0.1) is 0 Å². The highest BCUT2D eigenvalue weighted by molar-refractivity contribution is 6.13. The number of phenols is 4. The van der Waals surface area contributed by atoms with Crippen LogP contribution in [0.4, 0.5) is 0 Å². The molecule has 22 heavy (non-hydrogen) atoms. The molecular formula is C17H14O5. The quantitative estimate of drug-likeness (QED) is 0.479. The van der Waals surface area contributed by atoms with E-state index in [1.807, 2.05) is 0 Å². The van der Waals surface area contributed by atoms with Crippen LogP contribution in [0.15, 0.2) is 35.9 Å². The largest absolute Gasteiger partial charge is 0.508 e. The second kappa shape index (κ2) is 5.11. The Morgan fingerprint density at radius 1 is 0.818 bits per heavy atom. The Morgan fingerprint density at radius 3 is 2.14 bits per heavy atom. The molecular weight excluding hydrogens is 284 g/mol. The summed E-state index contributed by atoms with van der Waals surface area (Å²) in [4.78, 5) is 12.5. The van der Waals surface area contributed by atoms with E-state index in [0.29, 0.717) is 35.1 Å². The maximum Gasteiger partial charge on any atom is 0.189 e. The zero-order valence-electron chi connectivity index (χ0n) is 11.6. The highest BCUT2D eigenvalue weighted by Crippen LogP contribution is 2.35. The summed E-state index contributed by atoms with van der Waals surface area (Å²) in [6.45, 7) is 0. The van der Waals surface area contributed by atoms with Gasteiger partial charge in [0, 0.05) is 17.2 Å². The molecule has 0 aliphatic heterocycles. The summed E-state index contributed by atoms with van der Waals surface area (Å²) >= 11 is 0. The number of hydrogen-bond donors (Lipinski definition) is 4. The number of rotatable bonds is 1. The van der Waals surface area contributed by atoms with E-state index in [2.05, 4.69) is 0 Å². The second-order valence-corrected chi connectivity index (χ2v) is 5.28. The SMILES string of the molecule is O=C1/C(=C/c2cc(O)cc(O)c2)CCc2cc(O)c(O)cc21. The molecule has 5 heteroatoms. The first-order valence-corrected chi connectivity index (χ1v) is 6.77. The lowest BCUT2D eigenvalue weighted by Crippen LogP contribution is -2.14. The van der Waals surface area contributed by atoms with E-state index in [-0.39, 0.29) is 28.8 Å². The number of aromatic hydroxyl groups is 4.